The number of likely N-dealkylation sites (tertiary alicyclic amines) is 1. The van der Waals surface area contributed by atoms with Gasteiger partial charge in [-0.15, -0.1) is 0 Å². The fraction of sp³-hybridized carbons (Fsp3) is 0.386. The lowest BCUT2D eigenvalue weighted by molar-refractivity contribution is -0.137. The highest BCUT2D eigenvalue weighted by Gasteiger charge is 2.34. The van der Waals surface area contributed by atoms with Crippen molar-refractivity contribution >= 4 is 34.7 Å². The summed E-state index contributed by atoms with van der Waals surface area (Å²) in [5.74, 6) is -0.289. The van der Waals surface area contributed by atoms with Crippen molar-refractivity contribution < 1.29 is 32.6 Å². The fourth-order valence-corrected chi connectivity index (χ4v) is 8.69. The number of rotatable bonds is 11. The number of ketones is 1. The Morgan fingerprint density at radius 2 is 1.41 bits per heavy atom. The summed E-state index contributed by atoms with van der Waals surface area (Å²) in [6.45, 7) is 7.96. The van der Waals surface area contributed by atoms with Gasteiger partial charge in [0.1, 0.15) is 5.82 Å². The van der Waals surface area contributed by atoms with Crippen LogP contribution in [0.1, 0.15) is 64.7 Å². The quantitative estimate of drug-likeness (QED) is 0.102. The molecule has 0 unspecified atom stereocenters. The Morgan fingerprint density at radius 1 is 0.786 bits per heavy atom. The lowest BCUT2D eigenvalue weighted by Crippen LogP contribution is -2.47. The van der Waals surface area contributed by atoms with Gasteiger partial charge in [-0.25, -0.2) is 4.39 Å². The summed E-state index contributed by atoms with van der Waals surface area (Å²) in [5, 5.41) is 20.6. The number of aliphatic hydroxyl groups is 2. The number of hydrogen-bond acceptors (Lipinski definition) is 7. The molecular weight excluding hydrogens is 762 g/mol. The normalized spacial score (nSPS) is 18.2. The van der Waals surface area contributed by atoms with Crippen molar-refractivity contribution in [1.82, 2.24) is 14.7 Å². The number of fused-ring (bicyclic) bond motifs is 2. The van der Waals surface area contributed by atoms with Crippen LogP contribution in [-0.4, -0.2) is 96.2 Å². The standard InChI is InChI=1S/C23H25F3N2OS.C21H23ClFNO2/c24-23(25,26)17-7-8-22-20(16-17)18(19-4-1-2-6-21(19)30-22)5-3-9-27-10-12-28(13-11-27)14-15-29;22-18-7-5-17(6-8-18)21(26)11-14-24(15-12-21)13-1-2-20(25)16-3-9-19(23)10-4-16/h1-2,4-8,16,29H,3,9-15H2;3-10,26H,1-2,11-15H2/b18-5-;. The summed E-state index contributed by atoms with van der Waals surface area (Å²) in [7, 11) is 0. The highest BCUT2D eigenvalue weighted by molar-refractivity contribution is 7.99. The van der Waals surface area contributed by atoms with E-state index < -0.39 is 17.3 Å². The van der Waals surface area contributed by atoms with E-state index in [4.69, 9.17) is 16.7 Å². The number of halogens is 5. The first-order chi connectivity index (χ1) is 26.9. The number of hydrogen-bond donors (Lipinski definition) is 2. The molecule has 0 aliphatic carbocycles. The number of piperazine rings is 1. The van der Waals surface area contributed by atoms with Crippen molar-refractivity contribution in [2.75, 3.05) is 65.5 Å². The number of benzene rings is 4. The molecule has 0 amide bonds. The van der Waals surface area contributed by atoms with Gasteiger partial charge in [-0.3, -0.25) is 9.69 Å². The molecule has 0 aromatic heterocycles. The van der Waals surface area contributed by atoms with Crippen LogP contribution in [0.15, 0.2) is 107 Å². The van der Waals surface area contributed by atoms with E-state index in [9.17, 15) is 27.5 Å². The van der Waals surface area contributed by atoms with Crippen LogP contribution in [0.25, 0.3) is 5.57 Å². The number of alkyl halides is 3. The van der Waals surface area contributed by atoms with Gasteiger partial charge >= 0.3 is 6.18 Å². The Bertz CT molecular complexity index is 1940. The highest BCUT2D eigenvalue weighted by Crippen LogP contribution is 2.47. The summed E-state index contributed by atoms with van der Waals surface area (Å²) in [6, 6.07) is 25.0. The molecule has 0 atom stereocenters. The van der Waals surface area contributed by atoms with Crippen LogP contribution < -0.4 is 0 Å². The maximum absolute atomic E-state index is 13.3. The van der Waals surface area contributed by atoms with Crippen LogP contribution >= 0.6 is 23.4 Å². The van der Waals surface area contributed by atoms with Gasteiger partial charge in [-0.1, -0.05) is 59.8 Å². The van der Waals surface area contributed by atoms with E-state index in [-0.39, 0.29) is 18.2 Å². The molecule has 2 saturated heterocycles. The first-order valence-corrected chi connectivity index (χ1v) is 20.4. The van der Waals surface area contributed by atoms with Gasteiger partial charge in [0.05, 0.1) is 17.8 Å². The minimum absolute atomic E-state index is 0.0414. The Morgan fingerprint density at radius 3 is 2.07 bits per heavy atom. The Kier molecular flexibility index (Phi) is 14.5. The largest absolute Gasteiger partial charge is 0.416 e. The van der Waals surface area contributed by atoms with E-state index in [1.54, 1.807) is 6.07 Å². The predicted molar refractivity (Wildman–Crippen MR) is 215 cm³/mol. The molecule has 0 radical (unpaired) electrons. The zero-order valence-electron chi connectivity index (χ0n) is 31.3. The summed E-state index contributed by atoms with van der Waals surface area (Å²) in [5.41, 5.74) is 2.63. The molecule has 4 aromatic rings. The molecule has 0 spiro atoms. The van der Waals surface area contributed by atoms with E-state index in [1.807, 2.05) is 48.5 Å². The number of carbonyl (C=O) groups excluding carboxylic acids is 1. The van der Waals surface area contributed by atoms with Crippen LogP contribution in [0.5, 0.6) is 0 Å². The molecule has 4 aromatic carbocycles. The molecule has 2 fully saturated rings. The van der Waals surface area contributed by atoms with Crippen LogP contribution in [0, 0.1) is 5.82 Å². The number of nitrogens with zero attached hydrogens (tertiary/aromatic N) is 3. The van der Waals surface area contributed by atoms with Gasteiger partial charge in [-0.2, -0.15) is 13.2 Å². The van der Waals surface area contributed by atoms with E-state index in [2.05, 4.69) is 20.8 Å². The topological polar surface area (TPSA) is 67.2 Å². The number of β-amino-alcohol motifs (C(OH)–C–C–N with tert-alkyl or cyclic N) is 1. The molecule has 2 N–H and O–H groups in total. The average molecular weight is 810 g/mol. The molecule has 298 valence electrons. The van der Waals surface area contributed by atoms with Crippen LogP contribution in [0.4, 0.5) is 17.6 Å². The Hall–Kier alpha value is -3.55. The van der Waals surface area contributed by atoms with Crippen molar-refractivity contribution in [3.8, 4) is 0 Å². The maximum Gasteiger partial charge on any atom is 0.416 e. The first-order valence-electron chi connectivity index (χ1n) is 19.2. The second-order valence-corrected chi connectivity index (χ2v) is 16.1. The SMILES string of the molecule is O=C(CCCN1CCC(O)(c2ccc(Cl)cc2)CC1)c1ccc(F)cc1.OCCN1CCN(CC/C=C2/c3ccccc3Sc3ccc(C(F)(F)F)cc32)CC1. The van der Waals surface area contributed by atoms with Crippen LogP contribution in [0.2, 0.25) is 5.02 Å². The molecule has 7 rings (SSSR count). The van der Waals surface area contributed by atoms with Crippen LogP contribution in [-0.2, 0) is 11.8 Å². The van der Waals surface area contributed by atoms with Gasteiger partial charge in [-0.05, 0) is 115 Å². The van der Waals surface area contributed by atoms with Crippen molar-refractivity contribution in [1.29, 1.82) is 0 Å². The third-order valence-corrected chi connectivity index (χ3v) is 12.2. The average Bonchev–Trinajstić information content (AvgIpc) is 3.19. The second-order valence-electron chi connectivity index (χ2n) is 14.5. The van der Waals surface area contributed by atoms with Crippen molar-refractivity contribution in [3.05, 3.63) is 136 Å². The van der Waals surface area contributed by atoms with Crippen molar-refractivity contribution in [3.63, 3.8) is 0 Å². The Labute approximate surface area is 335 Å². The summed E-state index contributed by atoms with van der Waals surface area (Å²) < 4.78 is 52.8. The molecular formula is C44H48ClF4N3O3S. The minimum Gasteiger partial charge on any atom is -0.395 e. The summed E-state index contributed by atoms with van der Waals surface area (Å²) >= 11 is 7.45. The van der Waals surface area contributed by atoms with Crippen molar-refractivity contribution in [2.45, 2.75) is 53.7 Å². The molecule has 0 saturated carbocycles. The van der Waals surface area contributed by atoms with Crippen LogP contribution in [0.3, 0.4) is 0 Å². The van der Waals surface area contributed by atoms with E-state index in [0.29, 0.717) is 42.0 Å². The van der Waals surface area contributed by atoms with Gasteiger partial charge in [0, 0.05) is 79.2 Å². The lowest BCUT2D eigenvalue weighted by atomic mass is 9.84. The van der Waals surface area contributed by atoms with Crippen molar-refractivity contribution in [2.24, 2.45) is 0 Å². The lowest BCUT2D eigenvalue weighted by Gasteiger charge is -2.38. The summed E-state index contributed by atoms with van der Waals surface area (Å²) in [4.78, 5) is 21.0. The third-order valence-electron chi connectivity index (χ3n) is 10.8. The first kappa shape index (κ1) is 42.1. The molecule has 0 bridgehead atoms. The number of carbonyl (C=O) groups is 1. The molecule has 56 heavy (non-hydrogen) atoms. The van der Waals surface area contributed by atoms with Gasteiger partial charge in [0.15, 0.2) is 5.78 Å². The van der Waals surface area contributed by atoms with Gasteiger partial charge < -0.3 is 20.0 Å². The predicted octanol–water partition coefficient (Wildman–Crippen LogP) is 9.03. The third kappa shape index (κ3) is 11.1. The molecule has 12 heteroatoms. The van der Waals surface area contributed by atoms with Gasteiger partial charge in [0.2, 0.25) is 0 Å². The molecule has 3 heterocycles. The van der Waals surface area contributed by atoms with E-state index in [1.165, 1.54) is 48.2 Å². The summed E-state index contributed by atoms with van der Waals surface area (Å²) in [6.07, 6.45) is 1.07. The number of piperidine rings is 1. The maximum atomic E-state index is 13.3. The zero-order chi connectivity index (χ0) is 39.7. The highest BCUT2D eigenvalue weighted by atomic mass is 35.5. The zero-order valence-corrected chi connectivity index (χ0v) is 32.9. The van der Waals surface area contributed by atoms with Gasteiger partial charge in [0.25, 0.3) is 0 Å². The molecule has 3 aliphatic rings. The number of aliphatic hydroxyl groups excluding tert-OH is 1. The van der Waals surface area contributed by atoms with E-state index in [0.717, 1.165) is 91.7 Å². The van der Waals surface area contributed by atoms with E-state index >= 15 is 0 Å². The second kappa shape index (κ2) is 19.3. The molecule has 3 aliphatic heterocycles. The minimum atomic E-state index is -4.35. The Balaban J connectivity index is 0.000000192. The fourth-order valence-electron chi connectivity index (χ4n) is 7.48. The number of Topliss-reactive ketones (excluding diaryl/α,β-unsaturated/α-hetero) is 1. The monoisotopic (exact) mass is 809 g/mol. The smallest absolute Gasteiger partial charge is 0.395 e. The molecule has 6 nitrogen and oxygen atoms in total.